The second-order valence-electron chi connectivity index (χ2n) is 7.57. The predicted molar refractivity (Wildman–Crippen MR) is 116 cm³/mol. The highest BCUT2D eigenvalue weighted by atomic mass is 32.2. The van der Waals surface area contributed by atoms with Gasteiger partial charge in [0.25, 0.3) is 0 Å². The van der Waals surface area contributed by atoms with Gasteiger partial charge >= 0.3 is 0 Å². The van der Waals surface area contributed by atoms with Crippen LogP contribution >= 0.6 is 11.8 Å². The number of nitrogens with one attached hydrogen (secondary N) is 1. The molecule has 1 aliphatic heterocycles. The zero-order valence-electron chi connectivity index (χ0n) is 17.5. The number of likely N-dealkylation sites (tertiary alicyclic amines) is 1. The van der Waals surface area contributed by atoms with E-state index in [1.807, 2.05) is 10.6 Å². The van der Waals surface area contributed by atoms with Gasteiger partial charge in [-0.1, -0.05) is 18.2 Å². The standard InChI is InChI=1S/C22H26FN5O2S/c1-16(27-11-3-2-4-12-27)21-25-26-22(28(21)18-9-7-17(23)8-10-18)31-15-20(29)24-14-19-6-5-13-30-19/h5-10,13,16H,2-4,11-12,14-15H2,1H3,(H,24,29). The SMILES string of the molecule is CC(c1nnc(SCC(=O)NCc2ccco2)n1-c1ccc(F)cc1)N1CCCCC1. The number of carbonyl (C=O) groups excluding carboxylic acids is 1. The zero-order chi connectivity index (χ0) is 21.6. The van der Waals surface area contributed by atoms with Crippen LogP contribution in [0.25, 0.3) is 5.69 Å². The molecule has 1 unspecified atom stereocenters. The average molecular weight is 444 g/mol. The van der Waals surface area contributed by atoms with Gasteiger partial charge in [0.15, 0.2) is 11.0 Å². The molecule has 0 radical (unpaired) electrons. The third-order valence-corrected chi connectivity index (χ3v) is 6.36. The summed E-state index contributed by atoms with van der Waals surface area (Å²) in [7, 11) is 0. The lowest BCUT2D eigenvalue weighted by Gasteiger charge is -2.31. The molecule has 0 spiro atoms. The Balaban J connectivity index is 1.51. The van der Waals surface area contributed by atoms with E-state index >= 15 is 0 Å². The number of hydrogen-bond acceptors (Lipinski definition) is 6. The largest absolute Gasteiger partial charge is 0.467 e. The summed E-state index contributed by atoms with van der Waals surface area (Å²) in [6.07, 6.45) is 5.17. The molecule has 9 heteroatoms. The number of thioether (sulfide) groups is 1. The van der Waals surface area contributed by atoms with Crippen LogP contribution in [0, 0.1) is 5.82 Å². The second-order valence-corrected chi connectivity index (χ2v) is 8.51. The van der Waals surface area contributed by atoms with Crippen LogP contribution in [0.5, 0.6) is 0 Å². The lowest BCUT2D eigenvalue weighted by Crippen LogP contribution is -2.33. The number of nitrogens with zero attached hydrogens (tertiary/aromatic N) is 4. The van der Waals surface area contributed by atoms with E-state index in [1.54, 1.807) is 24.5 Å². The first-order valence-electron chi connectivity index (χ1n) is 10.5. The molecule has 1 amide bonds. The van der Waals surface area contributed by atoms with Gasteiger partial charge in [-0.2, -0.15) is 0 Å². The minimum absolute atomic E-state index is 0.0694. The number of halogens is 1. The molecule has 1 aromatic carbocycles. The Morgan fingerprint density at radius 3 is 2.68 bits per heavy atom. The van der Waals surface area contributed by atoms with Crippen molar-refractivity contribution < 1.29 is 13.6 Å². The minimum atomic E-state index is -0.297. The zero-order valence-corrected chi connectivity index (χ0v) is 18.3. The van der Waals surface area contributed by atoms with Crippen molar-refractivity contribution in [3.05, 3.63) is 60.1 Å². The number of aromatic nitrogens is 3. The summed E-state index contributed by atoms with van der Waals surface area (Å²) in [5.41, 5.74) is 0.781. The second kappa shape index (κ2) is 10.1. The fourth-order valence-corrected chi connectivity index (χ4v) is 4.52. The van der Waals surface area contributed by atoms with Crippen LogP contribution in [0.15, 0.2) is 52.2 Å². The fraction of sp³-hybridized carbons (Fsp3) is 0.409. The Morgan fingerprint density at radius 1 is 1.19 bits per heavy atom. The van der Waals surface area contributed by atoms with Crippen LogP contribution in [-0.4, -0.2) is 44.4 Å². The van der Waals surface area contributed by atoms with Crippen LogP contribution in [-0.2, 0) is 11.3 Å². The average Bonchev–Trinajstić information content (AvgIpc) is 3.47. The Kier molecular flexibility index (Phi) is 7.03. The smallest absolute Gasteiger partial charge is 0.230 e. The van der Waals surface area contributed by atoms with E-state index < -0.39 is 0 Å². The molecule has 2 aromatic heterocycles. The number of furan rings is 1. The van der Waals surface area contributed by atoms with Crippen molar-refractivity contribution in [2.45, 2.75) is 43.9 Å². The van der Waals surface area contributed by atoms with E-state index in [-0.39, 0.29) is 23.5 Å². The van der Waals surface area contributed by atoms with Crippen molar-refractivity contribution in [2.24, 2.45) is 0 Å². The monoisotopic (exact) mass is 443 g/mol. The first kappa shape index (κ1) is 21.6. The summed E-state index contributed by atoms with van der Waals surface area (Å²) in [4.78, 5) is 14.7. The Hall–Kier alpha value is -2.65. The molecule has 0 aliphatic carbocycles. The van der Waals surface area contributed by atoms with Crippen molar-refractivity contribution in [2.75, 3.05) is 18.8 Å². The first-order valence-corrected chi connectivity index (χ1v) is 11.5. The molecular formula is C22H26FN5O2S. The van der Waals surface area contributed by atoms with Gasteiger partial charge in [0, 0.05) is 5.69 Å². The molecule has 1 fully saturated rings. The van der Waals surface area contributed by atoms with Gasteiger partial charge in [-0.15, -0.1) is 10.2 Å². The van der Waals surface area contributed by atoms with E-state index in [0.717, 1.165) is 24.6 Å². The minimum Gasteiger partial charge on any atom is -0.467 e. The number of benzene rings is 1. The lowest BCUT2D eigenvalue weighted by atomic mass is 10.1. The summed E-state index contributed by atoms with van der Waals surface area (Å²) in [5.74, 6) is 1.27. The third-order valence-electron chi connectivity index (χ3n) is 5.43. The predicted octanol–water partition coefficient (Wildman–Crippen LogP) is 3.95. The first-order chi connectivity index (χ1) is 15.1. The topological polar surface area (TPSA) is 76.2 Å². The van der Waals surface area contributed by atoms with Crippen molar-refractivity contribution in [1.82, 2.24) is 25.0 Å². The maximum absolute atomic E-state index is 13.5. The molecule has 1 aliphatic rings. The molecule has 0 saturated carbocycles. The Labute approximate surface area is 185 Å². The van der Waals surface area contributed by atoms with E-state index in [0.29, 0.717) is 17.5 Å². The van der Waals surface area contributed by atoms with Gasteiger partial charge in [-0.3, -0.25) is 14.3 Å². The van der Waals surface area contributed by atoms with Crippen LogP contribution in [0.1, 0.15) is 43.8 Å². The van der Waals surface area contributed by atoms with Gasteiger partial charge in [0.2, 0.25) is 5.91 Å². The number of amides is 1. The molecule has 4 rings (SSSR count). The molecule has 1 N–H and O–H groups in total. The fourth-order valence-electron chi connectivity index (χ4n) is 3.73. The molecule has 3 heterocycles. The van der Waals surface area contributed by atoms with Crippen LogP contribution < -0.4 is 5.32 Å². The lowest BCUT2D eigenvalue weighted by molar-refractivity contribution is -0.118. The molecule has 1 atom stereocenters. The van der Waals surface area contributed by atoms with Crippen molar-refractivity contribution >= 4 is 17.7 Å². The highest BCUT2D eigenvalue weighted by molar-refractivity contribution is 7.99. The van der Waals surface area contributed by atoms with Crippen molar-refractivity contribution in [1.29, 1.82) is 0 Å². The van der Waals surface area contributed by atoms with Crippen LogP contribution in [0.3, 0.4) is 0 Å². The molecular weight excluding hydrogens is 417 g/mol. The number of hydrogen-bond donors (Lipinski definition) is 1. The number of rotatable bonds is 8. The van der Waals surface area contributed by atoms with Crippen molar-refractivity contribution in [3.63, 3.8) is 0 Å². The van der Waals surface area contributed by atoms with Gasteiger partial charge in [-0.25, -0.2) is 4.39 Å². The molecule has 31 heavy (non-hydrogen) atoms. The van der Waals surface area contributed by atoms with Gasteiger partial charge < -0.3 is 9.73 Å². The quantitative estimate of drug-likeness (QED) is 0.531. The molecule has 1 saturated heterocycles. The van der Waals surface area contributed by atoms with E-state index in [2.05, 4.69) is 27.3 Å². The van der Waals surface area contributed by atoms with E-state index in [1.165, 1.54) is 43.2 Å². The Morgan fingerprint density at radius 2 is 1.97 bits per heavy atom. The summed E-state index contributed by atoms with van der Waals surface area (Å²) >= 11 is 1.31. The van der Waals surface area contributed by atoms with Crippen LogP contribution in [0.2, 0.25) is 0 Å². The van der Waals surface area contributed by atoms with Gasteiger partial charge in [0.1, 0.15) is 11.6 Å². The normalized spacial score (nSPS) is 15.7. The number of carbonyl (C=O) groups is 1. The maximum atomic E-state index is 13.5. The van der Waals surface area contributed by atoms with Gasteiger partial charge in [-0.05, 0) is 69.3 Å². The highest BCUT2D eigenvalue weighted by Crippen LogP contribution is 2.29. The van der Waals surface area contributed by atoms with Crippen LogP contribution in [0.4, 0.5) is 4.39 Å². The third kappa shape index (κ3) is 5.34. The summed E-state index contributed by atoms with van der Waals surface area (Å²) in [5, 5.41) is 12.3. The summed E-state index contributed by atoms with van der Waals surface area (Å²) in [6.45, 7) is 4.51. The van der Waals surface area contributed by atoms with E-state index in [4.69, 9.17) is 4.42 Å². The molecule has 3 aromatic rings. The van der Waals surface area contributed by atoms with E-state index in [9.17, 15) is 9.18 Å². The molecule has 7 nitrogen and oxygen atoms in total. The summed E-state index contributed by atoms with van der Waals surface area (Å²) in [6, 6.07) is 9.95. The molecule has 0 bridgehead atoms. The number of piperidine rings is 1. The maximum Gasteiger partial charge on any atom is 0.230 e. The summed E-state index contributed by atoms with van der Waals surface area (Å²) < 4.78 is 20.7. The van der Waals surface area contributed by atoms with Gasteiger partial charge in [0.05, 0.1) is 24.6 Å². The highest BCUT2D eigenvalue weighted by Gasteiger charge is 2.25. The Bertz CT molecular complexity index is 984. The molecule has 164 valence electrons. The van der Waals surface area contributed by atoms with Crippen molar-refractivity contribution in [3.8, 4) is 5.69 Å².